The average molecular weight is 389 g/mol. The molecule has 0 aliphatic heterocycles. The third kappa shape index (κ3) is 5.76. The van der Waals surface area contributed by atoms with E-state index in [1.54, 1.807) is 31.3 Å². The van der Waals surface area contributed by atoms with E-state index in [1.807, 2.05) is 0 Å². The third-order valence-corrected chi connectivity index (χ3v) is 3.63. The summed E-state index contributed by atoms with van der Waals surface area (Å²) in [6.07, 6.45) is -4.68. The Kier molecular flexibility index (Phi) is 6.25. The summed E-state index contributed by atoms with van der Waals surface area (Å²) in [4.78, 5) is 28.1. The normalized spacial score (nSPS) is 11.3. The number of aryl methyl sites for hydroxylation is 1. The molecule has 1 heterocycles. The molecular weight excluding hydrogens is 373 g/mol. The van der Waals surface area contributed by atoms with Crippen molar-refractivity contribution in [2.24, 2.45) is 7.05 Å². The molecule has 140 valence electrons. The maximum absolute atomic E-state index is 12.3. The number of nitrogens with one attached hydrogen (secondary N) is 2. The average Bonchev–Trinajstić information content (AvgIpc) is 2.89. The number of imidazole rings is 1. The van der Waals surface area contributed by atoms with Crippen LogP contribution in [0.2, 0.25) is 5.02 Å². The molecule has 2 N–H and O–H groups in total. The zero-order valence-corrected chi connectivity index (χ0v) is 14.5. The number of carbonyl (C=O) groups excluding carboxylic acids is 2. The predicted octanol–water partition coefficient (Wildman–Crippen LogP) is 4.00. The predicted molar refractivity (Wildman–Crippen MR) is 91.1 cm³/mol. The van der Waals surface area contributed by atoms with Gasteiger partial charge < -0.3 is 15.2 Å². The number of nitrogens with zero attached hydrogens (tertiary/aromatic N) is 2. The molecule has 0 radical (unpaired) electrons. The number of aromatic nitrogens is 2. The zero-order chi connectivity index (χ0) is 19.3. The van der Waals surface area contributed by atoms with E-state index in [0.717, 1.165) is 0 Å². The van der Waals surface area contributed by atoms with Crippen molar-refractivity contribution in [1.29, 1.82) is 0 Å². The van der Waals surface area contributed by atoms with Crippen molar-refractivity contribution in [3.63, 3.8) is 0 Å². The quantitative estimate of drug-likeness (QED) is 0.785. The molecule has 26 heavy (non-hydrogen) atoms. The minimum Gasteiger partial charge on any atom is -0.321 e. The lowest BCUT2D eigenvalue weighted by molar-refractivity contribution is -0.136. The van der Waals surface area contributed by atoms with Crippen LogP contribution in [0.3, 0.4) is 0 Å². The fraction of sp³-hybridized carbons (Fsp3) is 0.312. The Morgan fingerprint density at radius 1 is 1.19 bits per heavy atom. The van der Waals surface area contributed by atoms with Gasteiger partial charge in [0.1, 0.15) is 5.82 Å². The molecule has 2 amide bonds. The number of carbonyl (C=O) groups is 2. The van der Waals surface area contributed by atoms with Crippen molar-refractivity contribution in [3.05, 3.63) is 41.3 Å². The minimum atomic E-state index is -4.31. The number of hydrogen-bond donors (Lipinski definition) is 2. The smallest absolute Gasteiger partial charge is 0.321 e. The molecule has 0 aliphatic rings. The molecule has 0 saturated carbocycles. The Bertz CT molecular complexity index is 788. The molecule has 2 rings (SSSR count). The summed E-state index contributed by atoms with van der Waals surface area (Å²) in [7, 11) is 1.55. The summed E-state index contributed by atoms with van der Waals surface area (Å²) in [6.45, 7) is 0. The van der Waals surface area contributed by atoms with Gasteiger partial charge in [-0.3, -0.25) is 9.59 Å². The van der Waals surface area contributed by atoms with Gasteiger partial charge in [0.05, 0.1) is 6.33 Å². The largest absolute Gasteiger partial charge is 0.389 e. The van der Waals surface area contributed by atoms with Gasteiger partial charge in [-0.1, -0.05) is 11.6 Å². The van der Waals surface area contributed by atoms with Gasteiger partial charge in [0.15, 0.2) is 5.69 Å². The van der Waals surface area contributed by atoms with E-state index in [0.29, 0.717) is 10.7 Å². The van der Waals surface area contributed by atoms with E-state index in [2.05, 4.69) is 15.6 Å². The second-order valence-corrected chi connectivity index (χ2v) is 5.97. The summed E-state index contributed by atoms with van der Waals surface area (Å²) < 4.78 is 37.8. The van der Waals surface area contributed by atoms with Gasteiger partial charge in [-0.2, -0.15) is 13.2 Å². The Hall–Kier alpha value is -2.55. The number of amides is 2. The lowest BCUT2D eigenvalue weighted by Crippen LogP contribution is -2.20. The zero-order valence-electron chi connectivity index (χ0n) is 13.7. The fourth-order valence-corrected chi connectivity index (χ4v) is 2.24. The maximum Gasteiger partial charge on any atom is 0.389 e. The molecule has 2 aromatic rings. The maximum atomic E-state index is 12.3. The first-order chi connectivity index (χ1) is 12.2. The SMILES string of the molecule is Cn1cnc(C(=O)Nc2ccc(Cl)cc2)c1NC(=O)CCCC(F)(F)F. The van der Waals surface area contributed by atoms with Gasteiger partial charge in [-0.15, -0.1) is 0 Å². The van der Waals surface area contributed by atoms with Crippen molar-refractivity contribution >= 4 is 34.9 Å². The lowest BCUT2D eigenvalue weighted by Gasteiger charge is -2.10. The van der Waals surface area contributed by atoms with Crippen molar-refractivity contribution in [2.45, 2.75) is 25.4 Å². The van der Waals surface area contributed by atoms with Crippen LogP contribution >= 0.6 is 11.6 Å². The van der Waals surface area contributed by atoms with Gasteiger partial charge in [0.2, 0.25) is 5.91 Å². The molecular formula is C16H16ClF3N4O2. The second kappa shape index (κ2) is 8.22. The molecule has 0 unspecified atom stereocenters. The highest BCUT2D eigenvalue weighted by atomic mass is 35.5. The first-order valence-corrected chi connectivity index (χ1v) is 7.98. The van der Waals surface area contributed by atoms with Crippen molar-refractivity contribution in [2.75, 3.05) is 10.6 Å². The van der Waals surface area contributed by atoms with Crippen LogP contribution in [0.1, 0.15) is 29.8 Å². The Morgan fingerprint density at radius 2 is 1.85 bits per heavy atom. The van der Waals surface area contributed by atoms with E-state index in [-0.39, 0.29) is 24.4 Å². The van der Waals surface area contributed by atoms with Gasteiger partial charge in [0, 0.05) is 30.6 Å². The highest BCUT2D eigenvalue weighted by Crippen LogP contribution is 2.23. The van der Waals surface area contributed by atoms with Crippen LogP contribution in [0, 0.1) is 0 Å². The van der Waals surface area contributed by atoms with Gasteiger partial charge in [0.25, 0.3) is 5.91 Å². The number of rotatable bonds is 6. The van der Waals surface area contributed by atoms with Crippen molar-refractivity contribution < 1.29 is 22.8 Å². The Morgan fingerprint density at radius 3 is 2.46 bits per heavy atom. The molecule has 1 aromatic heterocycles. The standard InChI is InChI=1S/C16H16ClF3N4O2/c1-24-9-21-13(15(26)22-11-6-4-10(17)5-7-11)14(24)23-12(25)3-2-8-16(18,19)20/h4-7,9H,2-3,8H2,1H3,(H,22,26)(H,23,25). The van der Waals surface area contributed by atoms with E-state index in [4.69, 9.17) is 11.6 Å². The van der Waals surface area contributed by atoms with Crippen LogP contribution in [-0.2, 0) is 11.8 Å². The van der Waals surface area contributed by atoms with Gasteiger partial charge in [-0.05, 0) is 30.7 Å². The highest BCUT2D eigenvalue weighted by Gasteiger charge is 2.27. The molecule has 10 heteroatoms. The van der Waals surface area contributed by atoms with Gasteiger partial charge >= 0.3 is 6.18 Å². The third-order valence-electron chi connectivity index (χ3n) is 3.38. The summed E-state index contributed by atoms with van der Waals surface area (Å²) >= 11 is 5.77. The number of halogens is 4. The van der Waals surface area contributed by atoms with E-state index >= 15 is 0 Å². The first-order valence-electron chi connectivity index (χ1n) is 7.60. The van der Waals surface area contributed by atoms with E-state index in [9.17, 15) is 22.8 Å². The summed E-state index contributed by atoms with van der Waals surface area (Å²) in [6, 6.07) is 6.38. The molecule has 0 bridgehead atoms. The Labute approximate surface area is 152 Å². The Balaban J connectivity index is 2.02. The molecule has 6 nitrogen and oxygen atoms in total. The van der Waals surface area contributed by atoms with Crippen LogP contribution in [0.4, 0.5) is 24.7 Å². The van der Waals surface area contributed by atoms with E-state index < -0.39 is 24.4 Å². The number of benzene rings is 1. The highest BCUT2D eigenvalue weighted by molar-refractivity contribution is 6.30. The lowest BCUT2D eigenvalue weighted by atomic mass is 10.2. The van der Waals surface area contributed by atoms with Crippen LogP contribution < -0.4 is 10.6 Å². The second-order valence-electron chi connectivity index (χ2n) is 5.53. The van der Waals surface area contributed by atoms with Gasteiger partial charge in [-0.25, -0.2) is 4.98 Å². The monoisotopic (exact) mass is 388 g/mol. The number of hydrogen-bond acceptors (Lipinski definition) is 3. The first kappa shape index (κ1) is 19.8. The van der Waals surface area contributed by atoms with E-state index in [1.165, 1.54) is 10.9 Å². The summed E-state index contributed by atoms with van der Waals surface area (Å²) in [5.41, 5.74) is 0.430. The molecule has 0 saturated heterocycles. The summed E-state index contributed by atoms with van der Waals surface area (Å²) in [5, 5.41) is 5.54. The molecule has 0 atom stereocenters. The fourth-order valence-electron chi connectivity index (χ4n) is 2.11. The number of alkyl halides is 3. The molecule has 0 aliphatic carbocycles. The molecule has 0 fully saturated rings. The van der Waals surface area contributed by atoms with Crippen LogP contribution in [0.5, 0.6) is 0 Å². The van der Waals surface area contributed by atoms with Crippen LogP contribution in [-0.4, -0.2) is 27.5 Å². The van der Waals surface area contributed by atoms with Crippen LogP contribution in [0.25, 0.3) is 0 Å². The van der Waals surface area contributed by atoms with Crippen molar-refractivity contribution in [1.82, 2.24) is 9.55 Å². The molecule has 1 aromatic carbocycles. The summed E-state index contributed by atoms with van der Waals surface area (Å²) in [5.74, 6) is -1.09. The van der Waals surface area contributed by atoms with Crippen molar-refractivity contribution in [3.8, 4) is 0 Å². The topological polar surface area (TPSA) is 76.0 Å². The molecule has 0 spiro atoms. The minimum absolute atomic E-state index is 0.0494. The number of anilines is 2. The van der Waals surface area contributed by atoms with Crippen LogP contribution in [0.15, 0.2) is 30.6 Å².